The van der Waals surface area contributed by atoms with Crippen LogP contribution in [0.2, 0.25) is 0 Å². The Hall–Kier alpha value is -3.99. The summed E-state index contributed by atoms with van der Waals surface area (Å²) in [6.45, 7) is -0.383. The third-order valence-corrected chi connectivity index (χ3v) is 5.45. The second-order valence-corrected chi connectivity index (χ2v) is 7.23. The molecule has 2 aromatic heterocycles. The Balaban J connectivity index is 1.75. The number of nitrogens with one attached hydrogen (secondary N) is 2. The number of carboxylic acid groups (broad SMARTS) is 1. The first kappa shape index (κ1) is 18.1. The van der Waals surface area contributed by atoms with Gasteiger partial charge in [-0.2, -0.15) is 0 Å². The predicted molar refractivity (Wildman–Crippen MR) is 117 cm³/mol. The highest BCUT2D eigenvalue weighted by Crippen LogP contribution is 2.42. The number of ether oxygens (including phenoxy) is 1. The van der Waals surface area contributed by atoms with Crippen molar-refractivity contribution in [2.45, 2.75) is 5.92 Å². The summed E-state index contributed by atoms with van der Waals surface area (Å²) in [5.74, 6) is -0.566. The fraction of sp³-hybridized carbons (Fsp3) is 0.0800. The number of hydrogen-bond donors (Lipinski definition) is 3. The topological polar surface area (TPSA) is 78.1 Å². The van der Waals surface area contributed by atoms with Gasteiger partial charge in [0.1, 0.15) is 5.75 Å². The monoisotopic (exact) mass is 396 g/mol. The van der Waals surface area contributed by atoms with Crippen LogP contribution in [0.25, 0.3) is 21.8 Å². The van der Waals surface area contributed by atoms with E-state index in [2.05, 4.69) is 34.2 Å². The van der Waals surface area contributed by atoms with Crippen molar-refractivity contribution in [3.05, 3.63) is 102 Å². The summed E-state index contributed by atoms with van der Waals surface area (Å²) in [6, 6.07) is 24.0. The number of para-hydroxylation sites is 3. The Morgan fingerprint density at radius 1 is 0.767 bits per heavy atom. The maximum Gasteiger partial charge on any atom is 0.341 e. The van der Waals surface area contributed by atoms with Gasteiger partial charge in [-0.15, -0.1) is 0 Å². The zero-order valence-corrected chi connectivity index (χ0v) is 16.1. The van der Waals surface area contributed by atoms with Crippen molar-refractivity contribution >= 4 is 27.8 Å². The minimum atomic E-state index is -0.999. The van der Waals surface area contributed by atoms with Gasteiger partial charge in [-0.1, -0.05) is 54.6 Å². The van der Waals surface area contributed by atoms with E-state index in [0.717, 1.165) is 38.5 Å². The molecule has 0 aliphatic rings. The van der Waals surface area contributed by atoms with Crippen LogP contribution >= 0.6 is 0 Å². The van der Waals surface area contributed by atoms with E-state index < -0.39 is 5.97 Å². The van der Waals surface area contributed by atoms with Crippen molar-refractivity contribution in [1.29, 1.82) is 0 Å². The molecular weight excluding hydrogens is 376 g/mol. The summed E-state index contributed by atoms with van der Waals surface area (Å²) in [4.78, 5) is 17.9. The second-order valence-electron chi connectivity index (χ2n) is 7.23. The summed E-state index contributed by atoms with van der Waals surface area (Å²) >= 11 is 0. The van der Waals surface area contributed by atoms with Crippen LogP contribution in [0.5, 0.6) is 5.75 Å². The lowest BCUT2D eigenvalue weighted by Crippen LogP contribution is -2.12. The average Bonchev–Trinajstić information content (AvgIpc) is 3.39. The number of hydrogen-bond acceptors (Lipinski definition) is 2. The van der Waals surface area contributed by atoms with E-state index in [1.807, 2.05) is 60.9 Å². The highest BCUT2D eigenvalue weighted by molar-refractivity contribution is 5.89. The van der Waals surface area contributed by atoms with E-state index >= 15 is 0 Å². The zero-order valence-electron chi connectivity index (χ0n) is 16.1. The highest BCUT2D eigenvalue weighted by atomic mass is 16.5. The highest BCUT2D eigenvalue weighted by Gasteiger charge is 2.26. The lowest BCUT2D eigenvalue weighted by atomic mass is 9.84. The molecule has 0 amide bonds. The summed E-state index contributed by atoms with van der Waals surface area (Å²) in [6.07, 6.45) is 4.07. The minimum absolute atomic E-state index is 0.137. The van der Waals surface area contributed by atoms with Gasteiger partial charge in [0.15, 0.2) is 6.61 Å². The Bertz CT molecular complexity index is 1270. The first-order valence-electron chi connectivity index (χ1n) is 9.78. The average molecular weight is 396 g/mol. The van der Waals surface area contributed by atoms with Crippen LogP contribution in [0, 0.1) is 0 Å². The Labute approximate surface area is 172 Å². The third-order valence-electron chi connectivity index (χ3n) is 5.45. The lowest BCUT2D eigenvalue weighted by Gasteiger charge is -2.20. The predicted octanol–water partition coefficient (Wildman–Crippen LogP) is 5.29. The van der Waals surface area contributed by atoms with Crippen molar-refractivity contribution in [1.82, 2.24) is 9.97 Å². The van der Waals surface area contributed by atoms with Gasteiger partial charge in [-0.3, -0.25) is 0 Å². The van der Waals surface area contributed by atoms with Gasteiger partial charge in [0.25, 0.3) is 0 Å². The molecule has 5 nitrogen and oxygen atoms in total. The van der Waals surface area contributed by atoms with Crippen molar-refractivity contribution in [2.75, 3.05) is 6.61 Å². The fourth-order valence-corrected chi connectivity index (χ4v) is 4.16. The molecule has 0 fully saturated rings. The molecule has 5 heteroatoms. The van der Waals surface area contributed by atoms with Gasteiger partial charge < -0.3 is 19.8 Å². The second kappa shape index (κ2) is 7.44. The zero-order chi connectivity index (χ0) is 20.5. The summed E-state index contributed by atoms with van der Waals surface area (Å²) in [7, 11) is 0. The van der Waals surface area contributed by atoms with Crippen molar-refractivity contribution in [3.63, 3.8) is 0 Å². The Morgan fingerprint density at radius 3 is 1.90 bits per heavy atom. The molecule has 5 aromatic rings. The van der Waals surface area contributed by atoms with E-state index in [-0.39, 0.29) is 12.5 Å². The maximum absolute atomic E-state index is 11.1. The number of carboxylic acids is 1. The SMILES string of the molecule is O=C(O)COc1ccccc1C(c1c[nH]c2ccccc12)c1c[nH]c2ccccc12. The van der Waals surface area contributed by atoms with Gasteiger partial charge in [0.05, 0.1) is 0 Å². The van der Waals surface area contributed by atoms with E-state index in [0.29, 0.717) is 5.75 Å². The molecule has 0 saturated carbocycles. The largest absolute Gasteiger partial charge is 0.482 e. The van der Waals surface area contributed by atoms with Gasteiger partial charge in [-0.05, 0) is 29.3 Å². The van der Waals surface area contributed by atoms with Gasteiger partial charge in [0.2, 0.25) is 0 Å². The lowest BCUT2D eigenvalue weighted by molar-refractivity contribution is -0.139. The summed E-state index contributed by atoms with van der Waals surface area (Å²) in [5.41, 5.74) is 5.26. The molecule has 0 saturated heterocycles. The van der Waals surface area contributed by atoms with Crippen LogP contribution in [0.15, 0.2) is 85.2 Å². The summed E-state index contributed by atoms with van der Waals surface area (Å²) in [5, 5.41) is 11.4. The van der Waals surface area contributed by atoms with Crippen molar-refractivity contribution in [2.24, 2.45) is 0 Å². The molecule has 2 heterocycles. The molecule has 148 valence electrons. The van der Waals surface area contributed by atoms with Gasteiger partial charge >= 0.3 is 5.97 Å². The number of rotatable bonds is 6. The molecule has 3 N–H and O–H groups in total. The molecule has 0 unspecified atom stereocenters. The van der Waals surface area contributed by atoms with Crippen molar-refractivity contribution < 1.29 is 14.6 Å². The van der Waals surface area contributed by atoms with Crippen LogP contribution < -0.4 is 4.74 Å². The van der Waals surface area contributed by atoms with Gasteiger partial charge in [0, 0.05) is 45.7 Å². The number of fused-ring (bicyclic) bond motifs is 2. The quantitative estimate of drug-likeness (QED) is 0.365. The fourth-order valence-electron chi connectivity index (χ4n) is 4.16. The smallest absolute Gasteiger partial charge is 0.341 e. The third kappa shape index (κ3) is 3.10. The standard InChI is InChI=1S/C25H20N2O3/c28-24(29)15-30-23-12-6-3-9-18(23)25(19-13-26-21-10-4-1-7-16(19)21)20-14-27-22-11-5-2-8-17(20)22/h1-14,25-27H,15H2,(H,28,29). The van der Waals surface area contributed by atoms with E-state index in [9.17, 15) is 4.79 Å². The molecule has 0 spiro atoms. The van der Waals surface area contributed by atoms with Crippen molar-refractivity contribution in [3.8, 4) is 5.75 Å². The number of aromatic nitrogens is 2. The Kier molecular flexibility index (Phi) is 4.48. The minimum Gasteiger partial charge on any atom is -0.482 e. The molecule has 0 aliphatic heterocycles. The van der Waals surface area contributed by atoms with Crippen LogP contribution in [-0.4, -0.2) is 27.7 Å². The molecule has 30 heavy (non-hydrogen) atoms. The number of H-pyrrole nitrogens is 2. The Morgan fingerprint density at radius 2 is 1.30 bits per heavy atom. The van der Waals surface area contributed by atoms with E-state index in [4.69, 9.17) is 9.84 Å². The normalized spacial score (nSPS) is 11.4. The van der Waals surface area contributed by atoms with Crippen LogP contribution in [0.1, 0.15) is 22.6 Å². The first-order valence-corrected chi connectivity index (χ1v) is 9.78. The number of carbonyl (C=O) groups is 1. The van der Waals surface area contributed by atoms with Crippen LogP contribution in [0.3, 0.4) is 0 Å². The molecule has 3 aromatic carbocycles. The van der Waals surface area contributed by atoms with E-state index in [1.54, 1.807) is 0 Å². The number of aliphatic carboxylic acids is 1. The summed E-state index contributed by atoms with van der Waals surface area (Å²) < 4.78 is 5.68. The maximum atomic E-state index is 11.1. The number of aromatic amines is 2. The molecule has 0 radical (unpaired) electrons. The molecule has 5 rings (SSSR count). The number of benzene rings is 3. The molecule has 0 atom stereocenters. The van der Waals surface area contributed by atoms with Crippen LogP contribution in [0.4, 0.5) is 0 Å². The first-order chi connectivity index (χ1) is 14.7. The molecule has 0 aliphatic carbocycles. The molecular formula is C25H20N2O3. The van der Waals surface area contributed by atoms with E-state index in [1.165, 1.54) is 0 Å². The molecule has 0 bridgehead atoms. The van der Waals surface area contributed by atoms with Gasteiger partial charge in [-0.25, -0.2) is 4.79 Å². The van der Waals surface area contributed by atoms with Crippen LogP contribution in [-0.2, 0) is 4.79 Å².